The third-order valence-electron chi connectivity index (χ3n) is 2.27. The number of nitrogens with one attached hydrogen (secondary N) is 1. The van der Waals surface area contributed by atoms with Gasteiger partial charge < -0.3 is 5.32 Å². The highest BCUT2D eigenvalue weighted by Crippen LogP contribution is 2.16. The van der Waals surface area contributed by atoms with E-state index in [0.29, 0.717) is 6.54 Å². The first-order valence-electron chi connectivity index (χ1n) is 5.17. The molecule has 0 aliphatic rings. The Morgan fingerprint density at radius 1 is 1.38 bits per heavy atom. The smallest absolute Gasteiger partial charge is 0.261 e. The molecule has 0 radical (unpaired) electrons. The molecule has 0 saturated carbocycles. The molecule has 0 atom stereocenters. The van der Waals surface area contributed by atoms with Gasteiger partial charge in [-0.05, 0) is 40.9 Å². The van der Waals surface area contributed by atoms with Crippen LogP contribution in [0.25, 0.3) is 0 Å². The summed E-state index contributed by atoms with van der Waals surface area (Å²) in [5.41, 5.74) is 1.16. The molecule has 0 unspecified atom stereocenters. The summed E-state index contributed by atoms with van der Waals surface area (Å²) in [7, 11) is 0. The van der Waals surface area contributed by atoms with Gasteiger partial charge in [-0.15, -0.1) is 11.3 Å². The average molecular weight is 251 g/mol. The van der Waals surface area contributed by atoms with E-state index in [1.807, 2.05) is 29.0 Å². The number of thiophene rings is 2. The molecule has 2 aromatic rings. The first kappa shape index (κ1) is 11.4. The normalized spacial score (nSPS) is 10.3. The summed E-state index contributed by atoms with van der Waals surface area (Å²) >= 11 is 3.21. The maximum atomic E-state index is 11.8. The molecule has 0 aromatic carbocycles. The predicted molar refractivity (Wildman–Crippen MR) is 69.2 cm³/mol. The van der Waals surface area contributed by atoms with Crippen LogP contribution in [0.2, 0.25) is 0 Å². The maximum absolute atomic E-state index is 11.8. The van der Waals surface area contributed by atoms with Crippen LogP contribution in [0.5, 0.6) is 0 Å². The van der Waals surface area contributed by atoms with E-state index in [1.54, 1.807) is 22.7 Å². The SMILES string of the molecule is CCc1ccc(C(=O)NCc2ccsc2)s1. The van der Waals surface area contributed by atoms with Gasteiger partial charge in [-0.2, -0.15) is 11.3 Å². The molecule has 16 heavy (non-hydrogen) atoms. The first-order chi connectivity index (χ1) is 7.79. The van der Waals surface area contributed by atoms with Gasteiger partial charge in [-0.1, -0.05) is 6.92 Å². The van der Waals surface area contributed by atoms with Crippen molar-refractivity contribution in [3.63, 3.8) is 0 Å². The third-order valence-corrected chi connectivity index (χ3v) is 4.23. The van der Waals surface area contributed by atoms with Crippen LogP contribution in [0.15, 0.2) is 29.0 Å². The number of rotatable bonds is 4. The van der Waals surface area contributed by atoms with Crippen molar-refractivity contribution in [2.24, 2.45) is 0 Å². The number of aryl methyl sites for hydroxylation is 1. The van der Waals surface area contributed by atoms with Gasteiger partial charge in [0.15, 0.2) is 0 Å². The van der Waals surface area contributed by atoms with Crippen LogP contribution in [0.1, 0.15) is 27.0 Å². The Morgan fingerprint density at radius 2 is 2.25 bits per heavy atom. The zero-order chi connectivity index (χ0) is 11.4. The van der Waals surface area contributed by atoms with E-state index in [0.717, 1.165) is 16.9 Å². The molecule has 4 heteroatoms. The lowest BCUT2D eigenvalue weighted by molar-refractivity contribution is 0.0955. The second-order valence-corrected chi connectivity index (χ2v) is 5.38. The molecule has 0 aliphatic carbocycles. The summed E-state index contributed by atoms with van der Waals surface area (Å²) in [6.07, 6.45) is 0.989. The number of hydrogen-bond acceptors (Lipinski definition) is 3. The minimum Gasteiger partial charge on any atom is -0.347 e. The molecule has 2 aromatic heterocycles. The van der Waals surface area contributed by atoms with Crippen LogP contribution < -0.4 is 5.32 Å². The molecule has 2 nitrogen and oxygen atoms in total. The van der Waals surface area contributed by atoms with Crippen LogP contribution >= 0.6 is 22.7 Å². The predicted octanol–water partition coefficient (Wildman–Crippen LogP) is 3.30. The largest absolute Gasteiger partial charge is 0.347 e. The van der Waals surface area contributed by atoms with Gasteiger partial charge in [0, 0.05) is 11.4 Å². The Bertz CT molecular complexity index is 459. The molecule has 0 spiro atoms. The molecule has 0 saturated heterocycles. The monoisotopic (exact) mass is 251 g/mol. The highest BCUT2D eigenvalue weighted by Gasteiger charge is 2.07. The van der Waals surface area contributed by atoms with E-state index < -0.39 is 0 Å². The Hall–Kier alpha value is -1.13. The van der Waals surface area contributed by atoms with Crippen molar-refractivity contribution < 1.29 is 4.79 Å². The first-order valence-corrected chi connectivity index (χ1v) is 6.93. The fraction of sp³-hybridized carbons (Fsp3) is 0.250. The summed E-state index contributed by atoms with van der Waals surface area (Å²) in [6, 6.07) is 5.94. The second-order valence-electron chi connectivity index (χ2n) is 3.43. The fourth-order valence-electron chi connectivity index (χ4n) is 1.35. The summed E-state index contributed by atoms with van der Waals surface area (Å²) in [5.74, 6) is 0.0240. The van der Waals surface area contributed by atoms with Gasteiger partial charge in [0.05, 0.1) is 4.88 Å². The fourth-order valence-corrected chi connectivity index (χ4v) is 2.89. The van der Waals surface area contributed by atoms with Crippen molar-refractivity contribution in [1.82, 2.24) is 5.32 Å². The van der Waals surface area contributed by atoms with Crippen LogP contribution in [-0.2, 0) is 13.0 Å². The molecule has 0 aliphatic heterocycles. The molecule has 0 bridgehead atoms. The van der Waals surface area contributed by atoms with Crippen molar-refractivity contribution in [2.45, 2.75) is 19.9 Å². The highest BCUT2D eigenvalue weighted by atomic mass is 32.1. The lowest BCUT2D eigenvalue weighted by Gasteiger charge is -2.00. The van der Waals surface area contributed by atoms with Crippen LogP contribution in [0.4, 0.5) is 0 Å². The van der Waals surface area contributed by atoms with Crippen molar-refractivity contribution >= 4 is 28.6 Å². The molecule has 1 N–H and O–H groups in total. The number of amides is 1. The highest BCUT2D eigenvalue weighted by molar-refractivity contribution is 7.14. The molecule has 2 heterocycles. The van der Waals surface area contributed by atoms with Gasteiger partial charge in [-0.3, -0.25) is 4.79 Å². The van der Waals surface area contributed by atoms with Gasteiger partial charge in [-0.25, -0.2) is 0 Å². The van der Waals surface area contributed by atoms with E-state index in [1.165, 1.54) is 4.88 Å². The standard InChI is InChI=1S/C12H13NOS2/c1-2-10-3-4-11(16-10)12(14)13-7-9-5-6-15-8-9/h3-6,8H,2,7H2,1H3,(H,13,14). The molecule has 2 rings (SSSR count). The number of hydrogen-bond donors (Lipinski definition) is 1. The van der Waals surface area contributed by atoms with Gasteiger partial charge in [0.25, 0.3) is 5.91 Å². The Kier molecular flexibility index (Phi) is 3.74. The minimum atomic E-state index is 0.0240. The van der Waals surface area contributed by atoms with Crippen molar-refractivity contribution in [1.29, 1.82) is 0 Å². The van der Waals surface area contributed by atoms with E-state index in [4.69, 9.17) is 0 Å². The topological polar surface area (TPSA) is 29.1 Å². The Balaban J connectivity index is 1.93. The van der Waals surface area contributed by atoms with Crippen LogP contribution in [0, 0.1) is 0 Å². The Morgan fingerprint density at radius 3 is 2.88 bits per heavy atom. The van der Waals surface area contributed by atoms with E-state index in [9.17, 15) is 4.79 Å². The van der Waals surface area contributed by atoms with Crippen molar-refractivity contribution in [2.75, 3.05) is 0 Å². The summed E-state index contributed by atoms with van der Waals surface area (Å²) in [4.78, 5) is 13.8. The Labute approximate surface area is 103 Å². The molecular formula is C12H13NOS2. The zero-order valence-corrected chi connectivity index (χ0v) is 10.7. The molecular weight excluding hydrogens is 238 g/mol. The van der Waals surface area contributed by atoms with Gasteiger partial charge in [0.1, 0.15) is 0 Å². The van der Waals surface area contributed by atoms with Gasteiger partial charge in [0.2, 0.25) is 0 Å². The van der Waals surface area contributed by atoms with E-state index in [-0.39, 0.29) is 5.91 Å². The second kappa shape index (κ2) is 5.27. The lowest BCUT2D eigenvalue weighted by atomic mass is 10.3. The summed E-state index contributed by atoms with van der Waals surface area (Å²) in [6.45, 7) is 2.71. The van der Waals surface area contributed by atoms with E-state index >= 15 is 0 Å². The van der Waals surface area contributed by atoms with Crippen molar-refractivity contribution in [3.05, 3.63) is 44.3 Å². The third kappa shape index (κ3) is 2.71. The summed E-state index contributed by atoms with van der Waals surface area (Å²) < 4.78 is 0. The van der Waals surface area contributed by atoms with Crippen LogP contribution in [-0.4, -0.2) is 5.91 Å². The molecule has 1 amide bonds. The maximum Gasteiger partial charge on any atom is 0.261 e. The average Bonchev–Trinajstić information content (AvgIpc) is 2.96. The van der Waals surface area contributed by atoms with Gasteiger partial charge >= 0.3 is 0 Å². The van der Waals surface area contributed by atoms with Crippen LogP contribution in [0.3, 0.4) is 0 Å². The minimum absolute atomic E-state index is 0.0240. The number of carbonyl (C=O) groups is 1. The zero-order valence-electron chi connectivity index (χ0n) is 9.03. The van der Waals surface area contributed by atoms with Crippen molar-refractivity contribution in [3.8, 4) is 0 Å². The van der Waals surface area contributed by atoms with E-state index in [2.05, 4.69) is 12.2 Å². The number of carbonyl (C=O) groups excluding carboxylic acids is 1. The quantitative estimate of drug-likeness (QED) is 0.887. The lowest BCUT2D eigenvalue weighted by Crippen LogP contribution is -2.21. The molecule has 84 valence electrons. The summed E-state index contributed by atoms with van der Waals surface area (Å²) in [5, 5.41) is 6.98. The molecule has 0 fully saturated rings.